The number of nitro groups is 1. The molecule has 60 valence electrons. The summed E-state index contributed by atoms with van der Waals surface area (Å²) in [5, 5.41) is 10.4. The van der Waals surface area contributed by atoms with E-state index in [2.05, 4.69) is 9.97 Å². The highest BCUT2D eigenvalue weighted by molar-refractivity contribution is 5.41. The molecule has 0 unspecified atom stereocenters. The Morgan fingerprint density at radius 1 is 1.50 bits per heavy atom. The maximum atomic E-state index is 10.4. The van der Waals surface area contributed by atoms with E-state index in [1.54, 1.807) is 0 Å². The van der Waals surface area contributed by atoms with Crippen molar-refractivity contribution in [1.29, 1.82) is 0 Å². The molecule has 2 aromatic rings. The Labute approximate surface area is 66.6 Å². The van der Waals surface area contributed by atoms with E-state index in [9.17, 15) is 10.1 Å². The molecule has 0 spiro atoms. The monoisotopic (exact) mass is 164 g/mol. The van der Waals surface area contributed by atoms with E-state index in [4.69, 9.17) is 0 Å². The lowest BCUT2D eigenvalue weighted by molar-refractivity contribution is -0.390. The number of hydrogen-bond donors (Lipinski definition) is 0. The first-order valence-corrected chi connectivity index (χ1v) is 3.20. The molecule has 0 radical (unpaired) electrons. The molecule has 0 aliphatic rings. The van der Waals surface area contributed by atoms with E-state index in [-0.39, 0.29) is 5.82 Å². The zero-order chi connectivity index (χ0) is 8.55. The summed E-state index contributed by atoms with van der Waals surface area (Å²) in [5.41, 5.74) is 0.476. The van der Waals surface area contributed by atoms with Crippen LogP contribution in [0.2, 0.25) is 0 Å². The van der Waals surface area contributed by atoms with Crippen molar-refractivity contribution in [1.82, 2.24) is 14.4 Å². The van der Waals surface area contributed by atoms with Crippen molar-refractivity contribution in [3.63, 3.8) is 0 Å². The van der Waals surface area contributed by atoms with E-state index in [0.717, 1.165) is 0 Å². The van der Waals surface area contributed by atoms with E-state index in [0.29, 0.717) is 5.65 Å². The third-order valence-corrected chi connectivity index (χ3v) is 1.48. The zero-order valence-electron chi connectivity index (χ0n) is 5.91. The van der Waals surface area contributed by atoms with Crippen molar-refractivity contribution in [3.05, 3.63) is 34.9 Å². The molecule has 0 N–H and O–H groups in total. The molecular weight excluding hydrogens is 160 g/mol. The first kappa shape index (κ1) is 6.71. The van der Waals surface area contributed by atoms with Gasteiger partial charge in [-0.05, 0) is 4.92 Å². The van der Waals surface area contributed by atoms with Crippen LogP contribution in [0.5, 0.6) is 0 Å². The predicted molar refractivity (Wildman–Crippen MR) is 39.6 cm³/mol. The molecule has 0 aliphatic carbocycles. The molecule has 0 atom stereocenters. The van der Waals surface area contributed by atoms with E-state index >= 15 is 0 Å². The minimum absolute atomic E-state index is 0.0487. The molecule has 6 nitrogen and oxygen atoms in total. The van der Waals surface area contributed by atoms with Crippen LogP contribution >= 0.6 is 0 Å². The molecule has 0 bridgehead atoms. The van der Waals surface area contributed by atoms with Gasteiger partial charge in [-0.1, -0.05) is 0 Å². The first-order valence-electron chi connectivity index (χ1n) is 3.20. The highest BCUT2D eigenvalue weighted by Crippen LogP contribution is 2.11. The Kier molecular flexibility index (Phi) is 1.26. The van der Waals surface area contributed by atoms with Crippen molar-refractivity contribution in [2.75, 3.05) is 0 Å². The minimum atomic E-state index is -0.486. The summed E-state index contributed by atoms with van der Waals surface area (Å²) in [6.07, 6.45) is 5.64. The first-order chi connectivity index (χ1) is 5.79. The summed E-state index contributed by atoms with van der Waals surface area (Å²) >= 11 is 0. The zero-order valence-corrected chi connectivity index (χ0v) is 5.91. The summed E-state index contributed by atoms with van der Waals surface area (Å²) in [7, 11) is 0. The van der Waals surface area contributed by atoms with Crippen LogP contribution in [0.4, 0.5) is 5.82 Å². The van der Waals surface area contributed by atoms with Gasteiger partial charge in [0.05, 0.1) is 12.4 Å². The molecule has 0 amide bonds. The van der Waals surface area contributed by atoms with Gasteiger partial charge in [-0.25, -0.2) is 4.98 Å². The second-order valence-electron chi connectivity index (χ2n) is 2.18. The minimum Gasteiger partial charge on any atom is -0.358 e. The fourth-order valence-electron chi connectivity index (χ4n) is 0.964. The maximum absolute atomic E-state index is 10.4. The van der Waals surface area contributed by atoms with Crippen LogP contribution in [-0.2, 0) is 0 Å². The smallest absolute Gasteiger partial charge is 0.347 e. The molecule has 0 fully saturated rings. The van der Waals surface area contributed by atoms with Crippen molar-refractivity contribution in [2.24, 2.45) is 0 Å². The van der Waals surface area contributed by atoms with Crippen LogP contribution in [0.15, 0.2) is 24.8 Å². The lowest BCUT2D eigenvalue weighted by Crippen LogP contribution is -1.93. The Bertz CT molecular complexity index is 436. The summed E-state index contributed by atoms with van der Waals surface area (Å²) in [4.78, 5) is 17.5. The third kappa shape index (κ3) is 0.815. The molecule has 0 aliphatic heterocycles. The van der Waals surface area contributed by atoms with Crippen molar-refractivity contribution < 1.29 is 4.92 Å². The fraction of sp³-hybridized carbons (Fsp3) is 0. The Hall–Kier alpha value is -1.98. The van der Waals surface area contributed by atoms with Crippen LogP contribution in [0.3, 0.4) is 0 Å². The standard InChI is InChI=1S/C6H4N4O2/c11-10(12)6-4-8-5-3-7-1-2-9(5)6/h1-4H. The highest BCUT2D eigenvalue weighted by atomic mass is 16.6. The second kappa shape index (κ2) is 2.26. The molecule has 2 heterocycles. The molecule has 0 aromatic carbocycles. The Morgan fingerprint density at radius 2 is 2.33 bits per heavy atom. The van der Waals surface area contributed by atoms with Gasteiger partial charge in [0.2, 0.25) is 5.65 Å². The lowest BCUT2D eigenvalue weighted by Gasteiger charge is -1.90. The van der Waals surface area contributed by atoms with Gasteiger partial charge < -0.3 is 10.1 Å². The topological polar surface area (TPSA) is 73.3 Å². The van der Waals surface area contributed by atoms with Crippen LogP contribution in [0, 0.1) is 10.1 Å². The second-order valence-corrected chi connectivity index (χ2v) is 2.18. The largest absolute Gasteiger partial charge is 0.358 e. The van der Waals surface area contributed by atoms with Crippen LogP contribution < -0.4 is 0 Å². The van der Waals surface area contributed by atoms with Crippen molar-refractivity contribution in [3.8, 4) is 0 Å². The van der Waals surface area contributed by atoms with Gasteiger partial charge in [0.15, 0.2) is 0 Å². The number of nitrogens with zero attached hydrogens (tertiary/aromatic N) is 4. The number of fused-ring (bicyclic) bond motifs is 1. The van der Waals surface area contributed by atoms with E-state index in [1.165, 1.54) is 29.2 Å². The van der Waals surface area contributed by atoms with Crippen LogP contribution in [0.25, 0.3) is 5.65 Å². The van der Waals surface area contributed by atoms with E-state index < -0.39 is 4.92 Å². The normalized spacial score (nSPS) is 10.3. The summed E-state index contributed by atoms with van der Waals surface area (Å²) < 4.78 is 1.37. The number of rotatable bonds is 1. The van der Waals surface area contributed by atoms with Gasteiger partial charge in [-0.15, -0.1) is 0 Å². The van der Waals surface area contributed by atoms with Gasteiger partial charge in [0.25, 0.3) is 0 Å². The van der Waals surface area contributed by atoms with Crippen LogP contribution in [-0.4, -0.2) is 19.3 Å². The van der Waals surface area contributed by atoms with Gasteiger partial charge in [-0.3, -0.25) is 4.98 Å². The SMILES string of the molecule is O=[N+]([O-])c1cnc2cnccn12. The van der Waals surface area contributed by atoms with Gasteiger partial charge in [0.1, 0.15) is 12.4 Å². The molecule has 0 saturated carbocycles. The third-order valence-electron chi connectivity index (χ3n) is 1.48. The molecule has 2 rings (SSSR count). The lowest BCUT2D eigenvalue weighted by atomic mass is 10.7. The average molecular weight is 164 g/mol. The van der Waals surface area contributed by atoms with Crippen LogP contribution in [0.1, 0.15) is 0 Å². The Morgan fingerprint density at radius 3 is 3.08 bits per heavy atom. The van der Waals surface area contributed by atoms with Crippen molar-refractivity contribution in [2.45, 2.75) is 0 Å². The molecule has 6 heteroatoms. The molecule has 2 aromatic heterocycles. The number of hydrogen-bond acceptors (Lipinski definition) is 4. The molecule has 0 saturated heterocycles. The summed E-state index contributed by atoms with van der Waals surface area (Å²) in [6, 6.07) is 0. The van der Waals surface area contributed by atoms with Gasteiger partial charge in [0, 0.05) is 0 Å². The summed E-state index contributed by atoms with van der Waals surface area (Å²) in [6.45, 7) is 0. The van der Waals surface area contributed by atoms with E-state index in [1.807, 2.05) is 0 Å². The average Bonchev–Trinajstić information content (AvgIpc) is 2.47. The number of aromatic nitrogens is 3. The predicted octanol–water partition coefficient (Wildman–Crippen LogP) is 0.637. The highest BCUT2D eigenvalue weighted by Gasteiger charge is 2.11. The van der Waals surface area contributed by atoms with Crippen molar-refractivity contribution >= 4 is 11.5 Å². The molecule has 12 heavy (non-hydrogen) atoms. The maximum Gasteiger partial charge on any atom is 0.347 e. The van der Waals surface area contributed by atoms with Gasteiger partial charge in [-0.2, -0.15) is 4.40 Å². The quantitative estimate of drug-likeness (QED) is 0.457. The summed E-state index contributed by atoms with van der Waals surface area (Å²) in [5.74, 6) is -0.0487. The molecular formula is C6H4N4O2. The number of imidazole rings is 1. The fourth-order valence-corrected chi connectivity index (χ4v) is 0.964. The van der Waals surface area contributed by atoms with Gasteiger partial charge >= 0.3 is 5.82 Å². The Balaban J connectivity index is 2.79.